The fourth-order valence-electron chi connectivity index (χ4n) is 5.10. The van der Waals surface area contributed by atoms with Gasteiger partial charge in [0.25, 0.3) is 5.91 Å². The first-order chi connectivity index (χ1) is 14.9. The summed E-state index contributed by atoms with van der Waals surface area (Å²) in [5, 5.41) is 5.09. The van der Waals surface area contributed by atoms with Crippen LogP contribution in [0.4, 0.5) is 0 Å². The number of esters is 1. The number of fused-ring (bicyclic) bond motifs is 2. The molecule has 0 radical (unpaired) electrons. The Balaban J connectivity index is 1.52. The Morgan fingerprint density at radius 3 is 2.61 bits per heavy atom. The molecule has 0 bridgehead atoms. The molecule has 2 fully saturated rings. The van der Waals surface area contributed by atoms with Crippen LogP contribution in [0.25, 0.3) is 11.0 Å². The molecule has 0 spiro atoms. The van der Waals surface area contributed by atoms with Crippen molar-refractivity contribution in [2.45, 2.75) is 84.2 Å². The van der Waals surface area contributed by atoms with Gasteiger partial charge in [0.2, 0.25) is 0 Å². The number of ether oxygens (including phenoxy) is 1. The standard InChI is InChI=1S/C24H34N4O3/c1-15(2)20-12-18(19-13-25-28(16(3)4)23(19)26-20)24(30)31-14-22(29)27-11-7-9-17-8-5-6-10-21(17)27/h12-13,15-17,21H,5-11,14H2,1-4H3/t17-,21-/m0/s1. The number of nitrogens with zero attached hydrogens (tertiary/aromatic N) is 4. The van der Waals surface area contributed by atoms with E-state index in [2.05, 4.69) is 5.10 Å². The van der Waals surface area contributed by atoms with Crippen molar-refractivity contribution in [1.82, 2.24) is 19.7 Å². The number of likely N-dealkylation sites (tertiary alicyclic amines) is 1. The predicted molar refractivity (Wildman–Crippen MR) is 119 cm³/mol. The van der Waals surface area contributed by atoms with E-state index in [1.165, 1.54) is 25.7 Å². The van der Waals surface area contributed by atoms with Crippen LogP contribution in [0.5, 0.6) is 0 Å². The molecular formula is C24H34N4O3. The lowest BCUT2D eigenvalue weighted by molar-refractivity contribution is -0.140. The molecule has 1 aliphatic carbocycles. The maximum atomic E-state index is 13.0. The van der Waals surface area contributed by atoms with Crippen LogP contribution in [0, 0.1) is 5.92 Å². The minimum Gasteiger partial charge on any atom is -0.452 e. The first-order valence-corrected chi connectivity index (χ1v) is 11.7. The van der Waals surface area contributed by atoms with Gasteiger partial charge >= 0.3 is 5.97 Å². The van der Waals surface area contributed by atoms with Crippen molar-refractivity contribution in [2.24, 2.45) is 5.92 Å². The molecule has 2 aliphatic rings. The normalized spacial score (nSPS) is 21.5. The van der Waals surface area contributed by atoms with Crippen molar-refractivity contribution in [3.8, 4) is 0 Å². The molecule has 1 amide bonds. The average Bonchev–Trinajstić information content (AvgIpc) is 3.20. The second-order valence-corrected chi connectivity index (χ2v) is 9.59. The highest BCUT2D eigenvalue weighted by molar-refractivity contribution is 6.03. The Morgan fingerprint density at radius 2 is 1.87 bits per heavy atom. The van der Waals surface area contributed by atoms with E-state index in [9.17, 15) is 9.59 Å². The molecule has 4 rings (SSSR count). The molecule has 2 aromatic rings. The molecule has 3 heterocycles. The number of pyridine rings is 1. The van der Waals surface area contributed by atoms with Crippen molar-refractivity contribution in [3.05, 3.63) is 23.5 Å². The topological polar surface area (TPSA) is 77.3 Å². The Kier molecular flexibility index (Phi) is 6.30. The highest BCUT2D eigenvalue weighted by Crippen LogP contribution is 2.35. The third-order valence-electron chi connectivity index (χ3n) is 6.78. The highest BCUT2D eigenvalue weighted by atomic mass is 16.5. The van der Waals surface area contributed by atoms with Crippen molar-refractivity contribution in [3.63, 3.8) is 0 Å². The number of amides is 1. The molecule has 2 atom stereocenters. The molecule has 0 N–H and O–H groups in total. The van der Waals surface area contributed by atoms with E-state index in [-0.39, 0.29) is 24.5 Å². The maximum absolute atomic E-state index is 13.0. The Hall–Kier alpha value is -2.44. The number of rotatable bonds is 5. The van der Waals surface area contributed by atoms with Gasteiger partial charge in [0.15, 0.2) is 12.3 Å². The largest absolute Gasteiger partial charge is 0.452 e. The van der Waals surface area contributed by atoms with Crippen LogP contribution in [-0.4, -0.2) is 50.7 Å². The van der Waals surface area contributed by atoms with Crippen molar-refractivity contribution in [2.75, 3.05) is 13.2 Å². The van der Waals surface area contributed by atoms with Crippen LogP contribution < -0.4 is 0 Å². The summed E-state index contributed by atoms with van der Waals surface area (Å²) in [6.07, 6.45) is 8.64. The summed E-state index contributed by atoms with van der Waals surface area (Å²) in [4.78, 5) is 32.7. The Labute approximate surface area is 184 Å². The number of hydrogen-bond donors (Lipinski definition) is 0. The first-order valence-electron chi connectivity index (χ1n) is 11.7. The van der Waals surface area contributed by atoms with Gasteiger partial charge in [-0.05, 0) is 57.4 Å². The van der Waals surface area contributed by atoms with E-state index in [0.717, 1.165) is 25.1 Å². The van der Waals surface area contributed by atoms with Gasteiger partial charge in [0.1, 0.15) is 0 Å². The number of hydrogen-bond acceptors (Lipinski definition) is 5. The zero-order valence-corrected chi connectivity index (χ0v) is 19.1. The lowest BCUT2D eigenvalue weighted by Crippen LogP contribution is -2.50. The van der Waals surface area contributed by atoms with Crippen LogP contribution in [0.1, 0.15) is 94.2 Å². The fourth-order valence-corrected chi connectivity index (χ4v) is 5.10. The summed E-state index contributed by atoms with van der Waals surface area (Å²) in [7, 11) is 0. The van der Waals surface area contributed by atoms with Crippen LogP contribution in [0.2, 0.25) is 0 Å². The number of aromatic nitrogens is 3. The van der Waals surface area contributed by atoms with E-state index in [1.54, 1.807) is 12.3 Å². The van der Waals surface area contributed by atoms with Gasteiger partial charge in [-0.25, -0.2) is 14.5 Å². The minimum absolute atomic E-state index is 0.0720. The van der Waals surface area contributed by atoms with E-state index >= 15 is 0 Å². The van der Waals surface area contributed by atoms with Gasteiger partial charge in [0.05, 0.1) is 17.1 Å². The third kappa shape index (κ3) is 4.32. The van der Waals surface area contributed by atoms with E-state index in [4.69, 9.17) is 9.72 Å². The first kappa shape index (κ1) is 21.8. The molecular weight excluding hydrogens is 392 g/mol. The molecule has 0 aromatic carbocycles. The van der Waals surface area contributed by atoms with Crippen LogP contribution in [0.3, 0.4) is 0 Å². The zero-order valence-electron chi connectivity index (χ0n) is 19.1. The van der Waals surface area contributed by atoms with Crippen molar-refractivity contribution in [1.29, 1.82) is 0 Å². The third-order valence-corrected chi connectivity index (χ3v) is 6.78. The Bertz CT molecular complexity index is 963. The maximum Gasteiger partial charge on any atom is 0.339 e. The van der Waals surface area contributed by atoms with Gasteiger partial charge in [-0.15, -0.1) is 0 Å². The monoisotopic (exact) mass is 426 g/mol. The quantitative estimate of drug-likeness (QED) is 0.659. The molecule has 7 nitrogen and oxygen atoms in total. The van der Waals surface area contributed by atoms with Crippen LogP contribution in [0.15, 0.2) is 12.3 Å². The smallest absolute Gasteiger partial charge is 0.339 e. The minimum atomic E-state index is -0.483. The second-order valence-electron chi connectivity index (χ2n) is 9.59. The summed E-state index contributed by atoms with van der Waals surface area (Å²) < 4.78 is 7.36. The zero-order chi connectivity index (χ0) is 22.1. The molecule has 1 saturated carbocycles. The SMILES string of the molecule is CC(C)c1cc(C(=O)OCC(=O)N2CCC[C@@H]3CCCC[C@@H]32)c2cnn(C(C)C)c2n1. The number of carbonyl (C=O) groups is 2. The van der Waals surface area contributed by atoms with E-state index in [0.29, 0.717) is 28.6 Å². The molecule has 1 aliphatic heterocycles. The fraction of sp³-hybridized carbons (Fsp3) is 0.667. The molecule has 31 heavy (non-hydrogen) atoms. The van der Waals surface area contributed by atoms with Gasteiger partial charge in [-0.3, -0.25) is 4.79 Å². The second kappa shape index (κ2) is 8.97. The molecule has 0 unspecified atom stereocenters. The predicted octanol–water partition coefficient (Wildman–Crippen LogP) is 4.47. The average molecular weight is 427 g/mol. The summed E-state index contributed by atoms with van der Waals surface area (Å²) in [6.45, 7) is 8.71. The van der Waals surface area contributed by atoms with Gasteiger partial charge in [-0.2, -0.15) is 5.10 Å². The number of carbonyl (C=O) groups excluding carboxylic acids is 2. The summed E-state index contributed by atoms with van der Waals surface area (Å²) in [5.41, 5.74) is 1.93. The summed E-state index contributed by atoms with van der Waals surface area (Å²) in [6, 6.07) is 2.23. The lowest BCUT2D eigenvalue weighted by Gasteiger charge is -2.44. The number of piperidine rings is 1. The lowest BCUT2D eigenvalue weighted by atomic mass is 9.78. The van der Waals surface area contributed by atoms with E-state index < -0.39 is 5.97 Å². The van der Waals surface area contributed by atoms with Crippen LogP contribution in [-0.2, 0) is 9.53 Å². The highest BCUT2D eigenvalue weighted by Gasteiger charge is 2.36. The molecule has 2 aromatic heterocycles. The summed E-state index contributed by atoms with van der Waals surface area (Å²) in [5.74, 6) is 0.211. The van der Waals surface area contributed by atoms with Crippen molar-refractivity contribution < 1.29 is 14.3 Å². The van der Waals surface area contributed by atoms with Gasteiger partial charge < -0.3 is 9.64 Å². The molecule has 168 valence electrons. The van der Waals surface area contributed by atoms with Gasteiger partial charge in [0, 0.05) is 24.3 Å². The van der Waals surface area contributed by atoms with Gasteiger partial charge in [-0.1, -0.05) is 26.7 Å². The van der Waals surface area contributed by atoms with Crippen molar-refractivity contribution >= 4 is 22.9 Å². The van der Waals surface area contributed by atoms with Crippen LogP contribution >= 0.6 is 0 Å². The molecule has 7 heteroatoms. The molecule has 1 saturated heterocycles. The Morgan fingerprint density at radius 1 is 1.13 bits per heavy atom. The van der Waals surface area contributed by atoms with E-state index in [1.807, 2.05) is 37.3 Å². The summed E-state index contributed by atoms with van der Waals surface area (Å²) >= 11 is 0.